The van der Waals surface area contributed by atoms with Gasteiger partial charge in [0.1, 0.15) is 5.82 Å². The van der Waals surface area contributed by atoms with E-state index < -0.39 is 0 Å². The van der Waals surface area contributed by atoms with E-state index in [0.29, 0.717) is 5.92 Å². The Balaban J connectivity index is 1.90. The van der Waals surface area contributed by atoms with Crippen molar-refractivity contribution >= 4 is 11.6 Å². The lowest BCUT2D eigenvalue weighted by atomic mass is 10.2. The maximum Gasteiger partial charge on any atom is 0.123 e. The second-order valence-electron chi connectivity index (χ2n) is 4.17. The van der Waals surface area contributed by atoms with Crippen LogP contribution in [0.5, 0.6) is 0 Å². The van der Waals surface area contributed by atoms with Crippen LogP contribution in [-0.4, -0.2) is 23.9 Å². The Bertz CT molecular complexity index is 312. The highest BCUT2D eigenvalue weighted by molar-refractivity contribution is 6.18. The lowest BCUT2D eigenvalue weighted by Crippen LogP contribution is -2.20. The molecule has 15 heavy (non-hydrogen) atoms. The van der Waals surface area contributed by atoms with Gasteiger partial charge < -0.3 is 0 Å². The summed E-state index contributed by atoms with van der Waals surface area (Å²) in [6, 6.07) is 6.74. The minimum absolute atomic E-state index is 0.168. The molecule has 1 heterocycles. The van der Waals surface area contributed by atoms with Crippen LogP contribution in [0.25, 0.3) is 0 Å². The van der Waals surface area contributed by atoms with Crippen molar-refractivity contribution in [2.45, 2.75) is 13.0 Å². The highest BCUT2D eigenvalue weighted by atomic mass is 35.5. The van der Waals surface area contributed by atoms with Crippen molar-refractivity contribution in [3.63, 3.8) is 0 Å². The molecule has 0 amide bonds. The van der Waals surface area contributed by atoms with Crippen molar-refractivity contribution in [2.24, 2.45) is 5.92 Å². The number of likely N-dealkylation sites (tertiary alicyclic amines) is 1. The van der Waals surface area contributed by atoms with Crippen LogP contribution in [-0.2, 0) is 6.54 Å². The minimum Gasteiger partial charge on any atom is -0.299 e. The fourth-order valence-electron chi connectivity index (χ4n) is 2.03. The van der Waals surface area contributed by atoms with E-state index in [4.69, 9.17) is 11.6 Å². The lowest BCUT2D eigenvalue weighted by Gasteiger charge is -2.15. The van der Waals surface area contributed by atoms with Crippen LogP contribution in [0.3, 0.4) is 0 Å². The monoisotopic (exact) mass is 227 g/mol. The van der Waals surface area contributed by atoms with Gasteiger partial charge in [0, 0.05) is 19.0 Å². The zero-order valence-electron chi connectivity index (χ0n) is 8.63. The zero-order valence-corrected chi connectivity index (χ0v) is 9.38. The summed E-state index contributed by atoms with van der Waals surface area (Å²) >= 11 is 5.82. The topological polar surface area (TPSA) is 3.24 Å². The van der Waals surface area contributed by atoms with Crippen molar-refractivity contribution in [2.75, 3.05) is 19.0 Å². The third-order valence-electron chi connectivity index (χ3n) is 2.91. The molecule has 1 nitrogen and oxygen atoms in total. The van der Waals surface area contributed by atoms with Gasteiger partial charge >= 0.3 is 0 Å². The van der Waals surface area contributed by atoms with Crippen LogP contribution in [0.4, 0.5) is 4.39 Å². The van der Waals surface area contributed by atoms with E-state index in [9.17, 15) is 4.39 Å². The smallest absolute Gasteiger partial charge is 0.123 e. The zero-order chi connectivity index (χ0) is 10.7. The van der Waals surface area contributed by atoms with E-state index in [-0.39, 0.29) is 5.82 Å². The molecule has 1 fully saturated rings. The maximum absolute atomic E-state index is 12.7. The molecule has 3 heteroatoms. The molecule has 1 aliphatic heterocycles. The summed E-state index contributed by atoms with van der Waals surface area (Å²) in [5.74, 6) is 1.21. The average Bonchev–Trinajstić information content (AvgIpc) is 2.69. The largest absolute Gasteiger partial charge is 0.299 e. The number of rotatable bonds is 3. The number of alkyl halides is 1. The van der Waals surface area contributed by atoms with Gasteiger partial charge in [0.25, 0.3) is 0 Å². The summed E-state index contributed by atoms with van der Waals surface area (Å²) in [4.78, 5) is 2.38. The number of halogens is 2. The van der Waals surface area contributed by atoms with E-state index in [0.717, 1.165) is 25.5 Å². The van der Waals surface area contributed by atoms with Crippen molar-refractivity contribution in [3.8, 4) is 0 Å². The predicted molar refractivity (Wildman–Crippen MR) is 60.5 cm³/mol. The molecule has 0 N–H and O–H groups in total. The van der Waals surface area contributed by atoms with Crippen molar-refractivity contribution in [1.29, 1.82) is 0 Å². The van der Waals surface area contributed by atoms with Crippen LogP contribution in [0, 0.1) is 11.7 Å². The molecule has 0 bridgehead atoms. The molecular formula is C12H15ClFN. The first kappa shape index (κ1) is 10.9. The van der Waals surface area contributed by atoms with Crippen molar-refractivity contribution in [3.05, 3.63) is 35.6 Å². The second kappa shape index (κ2) is 4.95. The summed E-state index contributed by atoms with van der Waals surface area (Å²) < 4.78 is 12.7. The number of nitrogens with zero attached hydrogens (tertiary/aromatic N) is 1. The molecule has 1 saturated heterocycles. The molecule has 0 spiro atoms. The lowest BCUT2D eigenvalue weighted by molar-refractivity contribution is 0.320. The summed E-state index contributed by atoms with van der Waals surface area (Å²) in [5.41, 5.74) is 1.17. The first-order valence-electron chi connectivity index (χ1n) is 5.30. The number of hydrogen-bond donors (Lipinski definition) is 0. The molecule has 1 aromatic carbocycles. The quantitative estimate of drug-likeness (QED) is 0.718. The molecule has 0 aromatic heterocycles. The van der Waals surface area contributed by atoms with Gasteiger partial charge in [-0.2, -0.15) is 0 Å². The Hall–Kier alpha value is -0.600. The molecule has 1 aliphatic rings. The molecular weight excluding hydrogens is 213 g/mol. The molecule has 0 saturated carbocycles. The number of benzene rings is 1. The maximum atomic E-state index is 12.7. The Kier molecular flexibility index (Phi) is 3.60. The van der Waals surface area contributed by atoms with Gasteiger partial charge in [0.05, 0.1) is 0 Å². The van der Waals surface area contributed by atoms with E-state index in [1.165, 1.54) is 24.1 Å². The van der Waals surface area contributed by atoms with Crippen LogP contribution >= 0.6 is 11.6 Å². The van der Waals surface area contributed by atoms with Gasteiger partial charge in [-0.1, -0.05) is 12.1 Å². The first-order valence-corrected chi connectivity index (χ1v) is 5.84. The summed E-state index contributed by atoms with van der Waals surface area (Å²) in [5, 5.41) is 0. The van der Waals surface area contributed by atoms with Crippen LogP contribution in [0.2, 0.25) is 0 Å². The van der Waals surface area contributed by atoms with Gasteiger partial charge in [0.15, 0.2) is 0 Å². The van der Waals surface area contributed by atoms with Crippen molar-refractivity contribution < 1.29 is 4.39 Å². The summed E-state index contributed by atoms with van der Waals surface area (Å²) in [7, 11) is 0. The normalized spacial score (nSPS) is 22.1. The van der Waals surface area contributed by atoms with E-state index in [1.807, 2.05) is 12.1 Å². The number of hydrogen-bond acceptors (Lipinski definition) is 1. The van der Waals surface area contributed by atoms with Crippen molar-refractivity contribution in [1.82, 2.24) is 4.90 Å². The minimum atomic E-state index is -0.168. The van der Waals surface area contributed by atoms with Gasteiger partial charge in [-0.3, -0.25) is 4.90 Å². The van der Waals surface area contributed by atoms with Gasteiger partial charge in [0.2, 0.25) is 0 Å². The fraction of sp³-hybridized carbons (Fsp3) is 0.500. The average molecular weight is 228 g/mol. The Morgan fingerprint density at radius 1 is 1.33 bits per heavy atom. The molecule has 0 radical (unpaired) electrons. The first-order chi connectivity index (χ1) is 7.28. The highest BCUT2D eigenvalue weighted by Crippen LogP contribution is 2.19. The highest BCUT2D eigenvalue weighted by Gasteiger charge is 2.21. The van der Waals surface area contributed by atoms with Gasteiger partial charge in [-0.25, -0.2) is 4.39 Å². The van der Waals surface area contributed by atoms with Crippen LogP contribution in [0.15, 0.2) is 24.3 Å². The molecule has 0 aliphatic carbocycles. The van der Waals surface area contributed by atoms with Crippen LogP contribution in [0.1, 0.15) is 12.0 Å². The molecule has 1 atom stereocenters. The summed E-state index contributed by atoms with van der Waals surface area (Å²) in [6.07, 6.45) is 1.19. The standard InChI is InChI=1S/C12H15ClFN/c13-7-11-5-6-15(9-11)8-10-1-3-12(14)4-2-10/h1-4,11H,5-9H2. The Morgan fingerprint density at radius 3 is 2.67 bits per heavy atom. The van der Waals surface area contributed by atoms with Gasteiger partial charge in [-0.05, 0) is 36.6 Å². The molecule has 1 aromatic rings. The van der Waals surface area contributed by atoms with Crippen LogP contribution < -0.4 is 0 Å². The molecule has 2 rings (SSSR count). The third-order valence-corrected chi connectivity index (χ3v) is 3.34. The molecule has 1 unspecified atom stereocenters. The SMILES string of the molecule is Fc1ccc(CN2CCC(CCl)C2)cc1. The third kappa shape index (κ3) is 2.93. The predicted octanol–water partition coefficient (Wildman–Crippen LogP) is 2.89. The Morgan fingerprint density at radius 2 is 2.07 bits per heavy atom. The van der Waals surface area contributed by atoms with Gasteiger partial charge in [-0.15, -0.1) is 11.6 Å². The fourth-order valence-corrected chi connectivity index (χ4v) is 2.28. The Labute approximate surface area is 94.8 Å². The van der Waals surface area contributed by atoms with E-state index in [2.05, 4.69) is 4.90 Å². The van der Waals surface area contributed by atoms with E-state index >= 15 is 0 Å². The second-order valence-corrected chi connectivity index (χ2v) is 4.48. The summed E-state index contributed by atoms with van der Waals surface area (Å²) in [6.45, 7) is 3.09. The van der Waals surface area contributed by atoms with E-state index in [1.54, 1.807) is 0 Å². The molecule has 82 valence electrons.